The second-order valence-electron chi connectivity index (χ2n) is 8.24. The molecular weight excluding hydrogens is 398 g/mol. The van der Waals surface area contributed by atoms with Gasteiger partial charge in [0.15, 0.2) is 0 Å². The molecule has 1 unspecified atom stereocenters. The molecule has 1 aliphatic rings. The topological polar surface area (TPSA) is 61.4 Å². The molecule has 3 aromatic rings. The summed E-state index contributed by atoms with van der Waals surface area (Å²) in [6.45, 7) is 3.34. The van der Waals surface area contributed by atoms with Crippen molar-refractivity contribution < 1.29 is 9.59 Å². The molecule has 32 heavy (non-hydrogen) atoms. The molecule has 0 aromatic heterocycles. The molecule has 4 rings (SSSR count). The first-order valence-corrected chi connectivity index (χ1v) is 11.2. The van der Waals surface area contributed by atoms with Crippen molar-refractivity contribution in [2.45, 2.75) is 38.8 Å². The summed E-state index contributed by atoms with van der Waals surface area (Å²) in [7, 11) is 0. The van der Waals surface area contributed by atoms with E-state index >= 15 is 0 Å². The lowest BCUT2D eigenvalue weighted by atomic mass is 10.0. The Balaban J connectivity index is 1.45. The number of amides is 3. The number of nitrogens with zero attached hydrogens (tertiary/aromatic N) is 1. The lowest BCUT2D eigenvalue weighted by Gasteiger charge is -2.26. The predicted octanol–water partition coefficient (Wildman–Crippen LogP) is 5.36. The average Bonchev–Trinajstić information content (AvgIpc) is 2.98. The smallest absolute Gasteiger partial charge is 0.319 e. The second kappa shape index (κ2) is 10.1. The van der Waals surface area contributed by atoms with Crippen molar-refractivity contribution in [2.24, 2.45) is 0 Å². The molecule has 3 amide bonds. The maximum atomic E-state index is 13.2. The molecule has 1 heterocycles. The third kappa shape index (κ3) is 5.17. The molecule has 1 fully saturated rings. The molecule has 3 aromatic carbocycles. The van der Waals surface area contributed by atoms with E-state index in [0.717, 1.165) is 29.5 Å². The fourth-order valence-corrected chi connectivity index (χ4v) is 4.17. The van der Waals surface area contributed by atoms with Gasteiger partial charge in [0, 0.05) is 18.7 Å². The highest BCUT2D eigenvalue weighted by molar-refractivity contribution is 5.97. The molecule has 1 atom stereocenters. The Hall–Kier alpha value is -3.60. The van der Waals surface area contributed by atoms with Gasteiger partial charge in [-0.25, -0.2) is 4.79 Å². The Labute approximate surface area is 189 Å². The zero-order valence-corrected chi connectivity index (χ0v) is 18.4. The van der Waals surface area contributed by atoms with Gasteiger partial charge >= 0.3 is 6.03 Å². The molecule has 1 saturated heterocycles. The van der Waals surface area contributed by atoms with Crippen LogP contribution in [0.5, 0.6) is 0 Å². The van der Waals surface area contributed by atoms with E-state index in [0.29, 0.717) is 25.2 Å². The van der Waals surface area contributed by atoms with Crippen molar-refractivity contribution in [1.82, 2.24) is 10.2 Å². The van der Waals surface area contributed by atoms with Gasteiger partial charge in [-0.1, -0.05) is 72.8 Å². The van der Waals surface area contributed by atoms with Crippen LogP contribution in [0.15, 0.2) is 78.9 Å². The van der Waals surface area contributed by atoms with E-state index in [1.807, 2.05) is 71.6 Å². The minimum Gasteiger partial charge on any atom is -0.337 e. The first kappa shape index (κ1) is 21.6. The fraction of sp³-hybridized carbons (Fsp3) is 0.259. The number of para-hydroxylation sites is 1. The molecule has 2 N–H and O–H groups in total. The van der Waals surface area contributed by atoms with Crippen molar-refractivity contribution in [3.05, 3.63) is 90.0 Å². The predicted molar refractivity (Wildman–Crippen MR) is 128 cm³/mol. The lowest BCUT2D eigenvalue weighted by molar-refractivity contribution is -0.133. The minimum absolute atomic E-state index is 0.0164. The van der Waals surface area contributed by atoms with E-state index in [4.69, 9.17) is 0 Å². The van der Waals surface area contributed by atoms with Crippen molar-refractivity contribution in [1.29, 1.82) is 0 Å². The number of carbonyl (C=O) groups is 2. The zero-order valence-electron chi connectivity index (χ0n) is 18.4. The summed E-state index contributed by atoms with van der Waals surface area (Å²) in [5, 5.41) is 5.88. The molecule has 5 nitrogen and oxygen atoms in total. The molecule has 0 radical (unpaired) electrons. The van der Waals surface area contributed by atoms with Crippen molar-refractivity contribution >= 4 is 17.6 Å². The van der Waals surface area contributed by atoms with Crippen LogP contribution in [0.4, 0.5) is 10.5 Å². The standard InChI is InChI=1S/C27H29N3O2/c1-20-11-5-6-14-22(20)19-30-18-10-9-17-25(26(30)31)29-27(32)28-24-16-8-7-15-23(24)21-12-3-2-4-13-21/h2-8,11-16,25H,9-10,17-19H2,1H3,(H2,28,29,32). The number of nitrogens with one attached hydrogen (secondary N) is 2. The van der Waals surface area contributed by atoms with E-state index in [1.165, 1.54) is 5.56 Å². The Bertz CT molecular complexity index is 1080. The van der Waals surface area contributed by atoms with Gasteiger partial charge in [-0.05, 0) is 48.9 Å². The van der Waals surface area contributed by atoms with Gasteiger partial charge in [-0.15, -0.1) is 0 Å². The molecule has 0 aliphatic carbocycles. The average molecular weight is 428 g/mol. The highest BCUT2D eigenvalue weighted by Gasteiger charge is 2.28. The third-order valence-corrected chi connectivity index (χ3v) is 5.97. The van der Waals surface area contributed by atoms with Gasteiger partial charge in [0.05, 0.1) is 5.69 Å². The van der Waals surface area contributed by atoms with E-state index in [9.17, 15) is 9.59 Å². The summed E-state index contributed by atoms with van der Waals surface area (Å²) < 4.78 is 0. The zero-order chi connectivity index (χ0) is 22.3. The molecule has 0 spiro atoms. The number of anilines is 1. The second-order valence-corrected chi connectivity index (χ2v) is 8.24. The quantitative estimate of drug-likeness (QED) is 0.575. The first-order chi connectivity index (χ1) is 15.6. The van der Waals surface area contributed by atoms with Crippen molar-refractivity contribution in [3.8, 4) is 11.1 Å². The number of carbonyl (C=O) groups excluding carboxylic acids is 2. The Morgan fingerprint density at radius 2 is 1.66 bits per heavy atom. The Kier molecular flexibility index (Phi) is 6.85. The molecule has 1 aliphatic heterocycles. The summed E-state index contributed by atoms with van der Waals surface area (Å²) >= 11 is 0. The van der Waals surface area contributed by atoms with Gasteiger partial charge in [-0.3, -0.25) is 4.79 Å². The number of hydrogen-bond acceptors (Lipinski definition) is 2. The van der Waals surface area contributed by atoms with Crippen LogP contribution in [-0.4, -0.2) is 29.4 Å². The minimum atomic E-state index is -0.523. The van der Waals surface area contributed by atoms with Crippen LogP contribution >= 0.6 is 0 Å². The first-order valence-electron chi connectivity index (χ1n) is 11.2. The summed E-state index contributed by atoms with van der Waals surface area (Å²) in [5.74, 6) is -0.0164. The summed E-state index contributed by atoms with van der Waals surface area (Å²) in [5.41, 5.74) is 5.00. The van der Waals surface area contributed by atoms with E-state index in [-0.39, 0.29) is 11.9 Å². The summed E-state index contributed by atoms with van der Waals surface area (Å²) in [6, 6.07) is 24.9. The maximum absolute atomic E-state index is 13.2. The SMILES string of the molecule is Cc1ccccc1CN1CCCCC(NC(=O)Nc2ccccc2-c2ccccc2)C1=O. The number of hydrogen-bond donors (Lipinski definition) is 2. The van der Waals surface area contributed by atoms with Gasteiger partial charge in [0.1, 0.15) is 6.04 Å². The third-order valence-electron chi connectivity index (χ3n) is 5.97. The number of likely N-dealkylation sites (tertiary alicyclic amines) is 1. The van der Waals surface area contributed by atoms with Crippen LogP contribution in [0.25, 0.3) is 11.1 Å². The molecular formula is C27H29N3O2. The summed E-state index contributed by atoms with van der Waals surface area (Å²) in [4.78, 5) is 27.9. The monoisotopic (exact) mass is 427 g/mol. The fourth-order valence-electron chi connectivity index (χ4n) is 4.17. The molecule has 0 saturated carbocycles. The largest absolute Gasteiger partial charge is 0.337 e. The van der Waals surface area contributed by atoms with Gasteiger partial charge in [0.2, 0.25) is 5.91 Å². The summed E-state index contributed by atoms with van der Waals surface area (Å²) in [6.07, 6.45) is 2.49. The van der Waals surface area contributed by atoms with E-state index in [2.05, 4.69) is 29.7 Å². The number of aryl methyl sites for hydroxylation is 1. The maximum Gasteiger partial charge on any atom is 0.319 e. The van der Waals surface area contributed by atoms with Crippen LogP contribution in [-0.2, 0) is 11.3 Å². The van der Waals surface area contributed by atoms with E-state index in [1.54, 1.807) is 0 Å². The van der Waals surface area contributed by atoms with Gasteiger partial charge in [0.25, 0.3) is 0 Å². The molecule has 5 heteroatoms. The lowest BCUT2D eigenvalue weighted by Crippen LogP contribution is -2.48. The van der Waals surface area contributed by atoms with Crippen LogP contribution in [0.2, 0.25) is 0 Å². The number of benzene rings is 3. The normalized spacial score (nSPS) is 16.3. The molecule has 164 valence electrons. The highest BCUT2D eigenvalue weighted by atomic mass is 16.2. The number of rotatable bonds is 5. The van der Waals surface area contributed by atoms with Crippen molar-refractivity contribution in [3.63, 3.8) is 0 Å². The van der Waals surface area contributed by atoms with Crippen molar-refractivity contribution in [2.75, 3.05) is 11.9 Å². The van der Waals surface area contributed by atoms with Gasteiger partial charge in [-0.2, -0.15) is 0 Å². The Morgan fingerprint density at radius 3 is 2.47 bits per heavy atom. The van der Waals surface area contributed by atoms with Crippen LogP contribution in [0, 0.1) is 6.92 Å². The highest BCUT2D eigenvalue weighted by Crippen LogP contribution is 2.27. The Morgan fingerprint density at radius 1 is 0.938 bits per heavy atom. The van der Waals surface area contributed by atoms with Crippen LogP contribution in [0.3, 0.4) is 0 Å². The molecule has 0 bridgehead atoms. The van der Waals surface area contributed by atoms with Crippen LogP contribution < -0.4 is 10.6 Å². The van der Waals surface area contributed by atoms with E-state index < -0.39 is 6.04 Å². The van der Waals surface area contributed by atoms with Crippen LogP contribution in [0.1, 0.15) is 30.4 Å². The number of urea groups is 1. The van der Waals surface area contributed by atoms with Gasteiger partial charge < -0.3 is 15.5 Å².